The zero-order valence-corrected chi connectivity index (χ0v) is 9.16. The number of allylic oxidation sites excluding steroid dienone is 3. The van der Waals surface area contributed by atoms with E-state index in [-0.39, 0.29) is 5.91 Å². The SMILES string of the molecule is COCCC(=O)NCCC1=CC[CH]C=C1. The van der Waals surface area contributed by atoms with Crippen molar-refractivity contribution in [2.75, 3.05) is 20.3 Å². The number of ether oxygens (including phenoxy) is 1. The van der Waals surface area contributed by atoms with Gasteiger partial charge in [0.25, 0.3) is 0 Å². The first-order valence-corrected chi connectivity index (χ1v) is 5.27. The van der Waals surface area contributed by atoms with Gasteiger partial charge in [-0.1, -0.05) is 23.8 Å². The van der Waals surface area contributed by atoms with Crippen molar-refractivity contribution < 1.29 is 9.53 Å². The second-order valence-corrected chi connectivity index (χ2v) is 3.45. The van der Waals surface area contributed by atoms with Gasteiger partial charge in [-0.3, -0.25) is 4.79 Å². The molecule has 3 nitrogen and oxygen atoms in total. The van der Waals surface area contributed by atoms with Gasteiger partial charge in [-0.05, 0) is 19.3 Å². The fraction of sp³-hybridized carbons (Fsp3) is 0.500. The molecule has 1 aliphatic rings. The predicted molar refractivity (Wildman–Crippen MR) is 60.3 cm³/mol. The normalized spacial score (nSPS) is 14.9. The van der Waals surface area contributed by atoms with E-state index < -0.39 is 0 Å². The Balaban J connectivity index is 2.07. The lowest BCUT2D eigenvalue weighted by molar-refractivity contribution is -0.121. The van der Waals surface area contributed by atoms with Gasteiger partial charge < -0.3 is 10.1 Å². The van der Waals surface area contributed by atoms with Gasteiger partial charge in [-0.2, -0.15) is 0 Å². The molecule has 1 radical (unpaired) electrons. The third-order valence-electron chi connectivity index (χ3n) is 2.23. The van der Waals surface area contributed by atoms with E-state index in [2.05, 4.69) is 30.0 Å². The fourth-order valence-corrected chi connectivity index (χ4v) is 1.37. The lowest BCUT2D eigenvalue weighted by atomic mass is 10.0. The Morgan fingerprint density at radius 2 is 2.47 bits per heavy atom. The van der Waals surface area contributed by atoms with Crippen molar-refractivity contribution in [3.8, 4) is 0 Å². The van der Waals surface area contributed by atoms with Gasteiger partial charge in [0, 0.05) is 20.1 Å². The Bertz CT molecular complexity index is 256. The van der Waals surface area contributed by atoms with Crippen LogP contribution in [0.3, 0.4) is 0 Å². The fourth-order valence-electron chi connectivity index (χ4n) is 1.37. The van der Waals surface area contributed by atoms with E-state index in [0.717, 1.165) is 12.8 Å². The maximum Gasteiger partial charge on any atom is 0.222 e. The van der Waals surface area contributed by atoms with Crippen LogP contribution in [-0.2, 0) is 9.53 Å². The molecule has 15 heavy (non-hydrogen) atoms. The van der Waals surface area contributed by atoms with Gasteiger partial charge in [0.05, 0.1) is 6.61 Å². The quantitative estimate of drug-likeness (QED) is 0.720. The van der Waals surface area contributed by atoms with Crippen LogP contribution in [0.4, 0.5) is 0 Å². The van der Waals surface area contributed by atoms with Crippen molar-refractivity contribution in [2.45, 2.75) is 19.3 Å². The summed E-state index contributed by atoms with van der Waals surface area (Å²) >= 11 is 0. The van der Waals surface area contributed by atoms with Crippen LogP contribution in [0.1, 0.15) is 19.3 Å². The van der Waals surface area contributed by atoms with Crippen LogP contribution in [0.25, 0.3) is 0 Å². The summed E-state index contributed by atoms with van der Waals surface area (Å²) in [6.45, 7) is 1.20. The second kappa shape index (κ2) is 7.23. The number of carbonyl (C=O) groups is 1. The molecule has 0 aromatic carbocycles. The summed E-state index contributed by atoms with van der Waals surface area (Å²) in [7, 11) is 1.60. The first kappa shape index (κ1) is 12.0. The van der Waals surface area contributed by atoms with Gasteiger partial charge in [0.15, 0.2) is 0 Å². The third kappa shape index (κ3) is 5.37. The minimum absolute atomic E-state index is 0.0591. The van der Waals surface area contributed by atoms with Gasteiger partial charge in [0.1, 0.15) is 0 Å². The molecule has 0 aromatic rings. The van der Waals surface area contributed by atoms with E-state index in [1.54, 1.807) is 7.11 Å². The Kier molecular flexibility index (Phi) is 5.78. The smallest absolute Gasteiger partial charge is 0.222 e. The van der Waals surface area contributed by atoms with Crippen molar-refractivity contribution >= 4 is 5.91 Å². The highest BCUT2D eigenvalue weighted by atomic mass is 16.5. The molecular weight excluding hydrogens is 190 g/mol. The number of carbonyl (C=O) groups excluding carboxylic acids is 1. The highest BCUT2D eigenvalue weighted by molar-refractivity contribution is 5.75. The molecule has 1 amide bonds. The highest BCUT2D eigenvalue weighted by Crippen LogP contribution is 2.11. The number of rotatable bonds is 6. The molecule has 0 saturated carbocycles. The monoisotopic (exact) mass is 208 g/mol. The first-order chi connectivity index (χ1) is 7.33. The molecule has 1 aliphatic carbocycles. The van der Waals surface area contributed by atoms with E-state index in [9.17, 15) is 4.79 Å². The Hall–Kier alpha value is -1.09. The molecule has 0 aliphatic heterocycles. The van der Waals surface area contributed by atoms with E-state index in [4.69, 9.17) is 4.74 Å². The molecule has 1 rings (SSSR count). The molecule has 0 heterocycles. The van der Waals surface area contributed by atoms with Crippen LogP contribution in [0, 0.1) is 6.42 Å². The molecule has 0 spiro atoms. The van der Waals surface area contributed by atoms with Crippen molar-refractivity contribution in [1.82, 2.24) is 5.32 Å². The molecule has 0 atom stereocenters. The van der Waals surface area contributed by atoms with Crippen LogP contribution < -0.4 is 5.32 Å². The van der Waals surface area contributed by atoms with Gasteiger partial charge in [-0.15, -0.1) is 0 Å². The molecule has 0 fully saturated rings. The van der Waals surface area contributed by atoms with Crippen molar-refractivity contribution in [1.29, 1.82) is 0 Å². The van der Waals surface area contributed by atoms with E-state index in [1.165, 1.54) is 5.57 Å². The predicted octanol–water partition coefficient (Wildman–Crippen LogP) is 1.62. The number of amides is 1. The van der Waals surface area contributed by atoms with Gasteiger partial charge in [-0.25, -0.2) is 0 Å². The Morgan fingerprint density at radius 1 is 1.60 bits per heavy atom. The van der Waals surface area contributed by atoms with Crippen LogP contribution in [0.5, 0.6) is 0 Å². The number of methoxy groups -OCH3 is 1. The van der Waals surface area contributed by atoms with Crippen molar-refractivity contribution in [3.63, 3.8) is 0 Å². The standard InChI is InChI=1S/C12H18NO2/c1-15-10-8-12(14)13-9-7-11-5-3-2-4-6-11/h2-3,5-6H,4,7-10H2,1H3,(H,13,14). The maximum absolute atomic E-state index is 11.2. The summed E-state index contributed by atoms with van der Waals surface area (Å²) in [5.74, 6) is 0.0591. The molecule has 0 saturated heterocycles. The lowest BCUT2D eigenvalue weighted by Crippen LogP contribution is -2.25. The van der Waals surface area contributed by atoms with Crippen molar-refractivity contribution in [2.24, 2.45) is 0 Å². The zero-order valence-electron chi connectivity index (χ0n) is 9.16. The van der Waals surface area contributed by atoms with Crippen LogP contribution in [0.2, 0.25) is 0 Å². The number of nitrogens with one attached hydrogen (secondary N) is 1. The number of hydrogen-bond donors (Lipinski definition) is 1. The third-order valence-corrected chi connectivity index (χ3v) is 2.23. The summed E-state index contributed by atoms with van der Waals surface area (Å²) in [5.41, 5.74) is 1.30. The van der Waals surface area contributed by atoms with Crippen molar-refractivity contribution in [3.05, 3.63) is 30.2 Å². The zero-order chi connectivity index (χ0) is 10.9. The second-order valence-electron chi connectivity index (χ2n) is 3.45. The molecule has 1 N–H and O–H groups in total. The van der Waals surface area contributed by atoms with Crippen LogP contribution in [-0.4, -0.2) is 26.2 Å². The molecule has 0 aromatic heterocycles. The molecule has 3 heteroatoms. The molecule has 83 valence electrons. The average Bonchev–Trinajstić information content (AvgIpc) is 2.28. The lowest BCUT2D eigenvalue weighted by Gasteiger charge is -2.07. The maximum atomic E-state index is 11.2. The van der Waals surface area contributed by atoms with E-state index in [0.29, 0.717) is 19.6 Å². The number of hydrogen-bond acceptors (Lipinski definition) is 2. The Labute approximate surface area is 91.2 Å². The summed E-state index contributed by atoms with van der Waals surface area (Å²) in [6, 6.07) is 0. The van der Waals surface area contributed by atoms with Gasteiger partial charge in [0.2, 0.25) is 5.91 Å². The minimum Gasteiger partial charge on any atom is -0.384 e. The first-order valence-electron chi connectivity index (χ1n) is 5.27. The summed E-state index contributed by atoms with van der Waals surface area (Å²) < 4.78 is 4.82. The van der Waals surface area contributed by atoms with E-state index in [1.807, 2.05) is 0 Å². The van der Waals surface area contributed by atoms with Crippen LogP contribution in [0.15, 0.2) is 23.8 Å². The van der Waals surface area contributed by atoms with Crippen LogP contribution >= 0.6 is 0 Å². The summed E-state index contributed by atoms with van der Waals surface area (Å²) in [5, 5.41) is 2.86. The average molecular weight is 208 g/mol. The molecular formula is C12H18NO2. The van der Waals surface area contributed by atoms with E-state index >= 15 is 0 Å². The largest absolute Gasteiger partial charge is 0.384 e. The molecule has 0 unspecified atom stereocenters. The molecule has 0 bridgehead atoms. The minimum atomic E-state index is 0.0591. The topological polar surface area (TPSA) is 38.3 Å². The Morgan fingerprint density at radius 3 is 3.13 bits per heavy atom. The highest BCUT2D eigenvalue weighted by Gasteiger charge is 2.01. The summed E-state index contributed by atoms with van der Waals surface area (Å²) in [6.07, 6.45) is 10.8. The summed E-state index contributed by atoms with van der Waals surface area (Å²) in [4.78, 5) is 11.2. The van der Waals surface area contributed by atoms with Gasteiger partial charge >= 0.3 is 0 Å².